The Morgan fingerprint density at radius 2 is 1.82 bits per heavy atom. The van der Waals surface area contributed by atoms with E-state index in [1.165, 1.54) is 13.2 Å². The summed E-state index contributed by atoms with van der Waals surface area (Å²) in [5.41, 5.74) is 2.15. The molecule has 2 rings (SSSR count). The molecule has 3 nitrogen and oxygen atoms in total. The maximum Gasteiger partial charge on any atom is 0.328 e. The number of hydrogen-bond acceptors (Lipinski definition) is 3. The van der Waals surface area contributed by atoms with Crippen molar-refractivity contribution in [1.82, 2.24) is 0 Å². The third-order valence-electron chi connectivity index (χ3n) is 3.13. The molecule has 0 atom stereocenters. The minimum Gasteiger partial charge on any atom is -0.495 e. The van der Waals surface area contributed by atoms with Gasteiger partial charge in [0.05, 0.1) is 12.1 Å². The van der Waals surface area contributed by atoms with Crippen LogP contribution in [0.2, 0.25) is 5.02 Å². The van der Waals surface area contributed by atoms with Gasteiger partial charge in [0.15, 0.2) is 0 Å². The second kappa shape index (κ2) is 7.38. The van der Waals surface area contributed by atoms with Crippen LogP contribution in [-0.4, -0.2) is 24.4 Å². The predicted molar refractivity (Wildman–Crippen MR) is 90.9 cm³/mol. The number of thioether (sulfide) groups is 1. The summed E-state index contributed by atoms with van der Waals surface area (Å²) in [4.78, 5) is 12.3. The summed E-state index contributed by atoms with van der Waals surface area (Å²) >= 11 is 7.78. The van der Waals surface area contributed by atoms with E-state index in [9.17, 15) is 4.79 Å². The minimum atomic E-state index is -1.00. The molecule has 0 fully saturated rings. The van der Waals surface area contributed by atoms with Gasteiger partial charge in [-0.3, -0.25) is 0 Å². The van der Waals surface area contributed by atoms with Crippen LogP contribution in [0.3, 0.4) is 0 Å². The number of rotatable bonds is 5. The van der Waals surface area contributed by atoms with E-state index in [0.717, 1.165) is 16.0 Å². The van der Waals surface area contributed by atoms with Crippen molar-refractivity contribution in [2.75, 3.05) is 13.4 Å². The molecule has 2 aromatic carbocycles. The zero-order valence-corrected chi connectivity index (χ0v) is 13.7. The quantitative estimate of drug-likeness (QED) is 0.642. The smallest absolute Gasteiger partial charge is 0.328 e. The predicted octanol–water partition coefficient (Wildman–Crippen LogP) is 4.59. The molecule has 22 heavy (non-hydrogen) atoms. The van der Waals surface area contributed by atoms with E-state index in [1.54, 1.807) is 30.0 Å². The molecule has 0 saturated carbocycles. The van der Waals surface area contributed by atoms with Gasteiger partial charge in [0.2, 0.25) is 0 Å². The van der Waals surface area contributed by atoms with E-state index in [4.69, 9.17) is 21.4 Å². The molecule has 0 aliphatic rings. The molecule has 0 amide bonds. The van der Waals surface area contributed by atoms with Crippen molar-refractivity contribution >= 4 is 34.9 Å². The SMILES string of the molecule is COc1ccc(/C(=C\C(=O)O)c2ccc(SC)cc2)cc1Cl. The number of aliphatic carboxylic acids is 1. The Kier molecular flexibility index (Phi) is 5.52. The van der Waals surface area contributed by atoms with E-state index in [-0.39, 0.29) is 0 Å². The van der Waals surface area contributed by atoms with Gasteiger partial charge in [-0.2, -0.15) is 0 Å². The van der Waals surface area contributed by atoms with Gasteiger partial charge in [0, 0.05) is 11.0 Å². The summed E-state index contributed by atoms with van der Waals surface area (Å²) in [6.07, 6.45) is 3.18. The molecular formula is C17H15ClO3S. The van der Waals surface area contributed by atoms with Crippen LogP contribution < -0.4 is 4.74 Å². The van der Waals surface area contributed by atoms with Gasteiger partial charge in [0.25, 0.3) is 0 Å². The van der Waals surface area contributed by atoms with E-state index in [1.807, 2.05) is 30.5 Å². The fourth-order valence-electron chi connectivity index (χ4n) is 2.06. The Morgan fingerprint density at radius 1 is 1.18 bits per heavy atom. The van der Waals surface area contributed by atoms with Gasteiger partial charge in [-0.05, 0) is 47.2 Å². The second-order valence-corrected chi connectivity index (χ2v) is 5.76. The Labute approximate surface area is 138 Å². The zero-order valence-electron chi connectivity index (χ0n) is 12.2. The van der Waals surface area contributed by atoms with Crippen LogP contribution in [0.15, 0.2) is 53.4 Å². The number of carboxylic acid groups (broad SMARTS) is 1. The number of hydrogen-bond donors (Lipinski definition) is 1. The van der Waals surface area contributed by atoms with Gasteiger partial charge >= 0.3 is 5.97 Å². The van der Waals surface area contributed by atoms with Crippen molar-refractivity contribution < 1.29 is 14.6 Å². The van der Waals surface area contributed by atoms with Crippen molar-refractivity contribution in [3.63, 3.8) is 0 Å². The molecule has 0 unspecified atom stereocenters. The molecule has 114 valence electrons. The topological polar surface area (TPSA) is 46.5 Å². The van der Waals surface area contributed by atoms with E-state index >= 15 is 0 Å². The monoisotopic (exact) mass is 334 g/mol. The lowest BCUT2D eigenvalue weighted by molar-refractivity contribution is -0.131. The number of methoxy groups -OCH3 is 1. The van der Waals surface area contributed by atoms with Gasteiger partial charge in [-0.1, -0.05) is 29.8 Å². The van der Waals surface area contributed by atoms with Crippen LogP contribution in [0.1, 0.15) is 11.1 Å². The molecule has 0 spiro atoms. The van der Waals surface area contributed by atoms with Crippen LogP contribution in [-0.2, 0) is 4.79 Å². The molecule has 0 aliphatic carbocycles. The van der Waals surface area contributed by atoms with Crippen molar-refractivity contribution in [2.45, 2.75) is 4.90 Å². The summed E-state index contributed by atoms with van der Waals surface area (Å²) in [6, 6.07) is 12.9. The molecule has 2 aromatic rings. The molecule has 0 bridgehead atoms. The molecule has 0 radical (unpaired) electrons. The highest BCUT2D eigenvalue weighted by atomic mass is 35.5. The number of benzene rings is 2. The van der Waals surface area contributed by atoms with Crippen molar-refractivity contribution in [2.24, 2.45) is 0 Å². The highest BCUT2D eigenvalue weighted by Crippen LogP contribution is 2.31. The maximum absolute atomic E-state index is 11.1. The van der Waals surface area contributed by atoms with Gasteiger partial charge < -0.3 is 9.84 Å². The number of halogens is 1. The summed E-state index contributed by atoms with van der Waals surface area (Å²) in [5, 5.41) is 9.58. The van der Waals surface area contributed by atoms with Crippen molar-refractivity contribution in [3.05, 3.63) is 64.7 Å². The number of carbonyl (C=O) groups is 1. The average Bonchev–Trinajstić information content (AvgIpc) is 2.52. The van der Waals surface area contributed by atoms with Gasteiger partial charge in [-0.25, -0.2) is 4.79 Å². The molecule has 0 heterocycles. The van der Waals surface area contributed by atoms with E-state index in [0.29, 0.717) is 16.3 Å². The van der Waals surface area contributed by atoms with Crippen molar-refractivity contribution in [3.8, 4) is 5.75 Å². The van der Waals surface area contributed by atoms with Crippen LogP contribution in [0, 0.1) is 0 Å². The van der Waals surface area contributed by atoms with Crippen LogP contribution in [0.4, 0.5) is 0 Å². The fraction of sp³-hybridized carbons (Fsp3) is 0.118. The Morgan fingerprint density at radius 3 is 2.32 bits per heavy atom. The molecular weight excluding hydrogens is 320 g/mol. The average molecular weight is 335 g/mol. The van der Waals surface area contributed by atoms with Crippen molar-refractivity contribution in [1.29, 1.82) is 0 Å². The summed E-state index contributed by atoms with van der Waals surface area (Å²) in [7, 11) is 1.54. The first-order valence-electron chi connectivity index (χ1n) is 6.48. The van der Waals surface area contributed by atoms with E-state index < -0.39 is 5.97 Å². The summed E-state index contributed by atoms with van der Waals surface area (Å²) < 4.78 is 5.13. The van der Waals surface area contributed by atoms with Gasteiger partial charge in [-0.15, -0.1) is 11.8 Å². The van der Waals surface area contributed by atoms with Crippen LogP contribution in [0.5, 0.6) is 5.75 Å². The third-order valence-corrected chi connectivity index (χ3v) is 4.17. The Hall–Kier alpha value is -1.91. The zero-order chi connectivity index (χ0) is 16.1. The largest absolute Gasteiger partial charge is 0.495 e. The molecule has 1 N–H and O–H groups in total. The van der Waals surface area contributed by atoms with E-state index in [2.05, 4.69) is 0 Å². The molecule has 0 aromatic heterocycles. The standard InChI is InChI=1S/C17H15ClO3S/c1-21-16-8-5-12(9-15(16)18)14(10-17(19)20)11-3-6-13(22-2)7-4-11/h3-10H,1-2H3,(H,19,20)/b14-10-. The lowest BCUT2D eigenvalue weighted by Gasteiger charge is -2.11. The number of carboxylic acids is 1. The normalized spacial score (nSPS) is 11.3. The first-order valence-corrected chi connectivity index (χ1v) is 8.08. The Bertz CT molecular complexity index is 708. The highest BCUT2D eigenvalue weighted by molar-refractivity contribution is 7.98. The lowest BCUT2D eigenvalue weighted by Crippen LogP contribution is -1.95. The van der Waals surface area contributed by atoms with Crippen LogP contribution >= 0.6 is 23.4 Å². The maximum atomic E-state index is 11.1. The first-order chi connectivity index (χ1) is 10.5. The highest BCUT2D eigenvalue weighted by Gasteiger charge is 2.10. The molecule has 5 heteroatoms. The molecule has 0 saturated heterocycles. The number of ether oxygens (including phenoxy) is 1. The third kappa shape index (κ3) is 3.84. The molecule has 0 aliphatic heterocycles. The first kappa shape index (κ1) is 16.5. The van der Waals surface area contributed by atoms with Crippen LogP contribution in [0.25, 0.3) is 5.57 Å². The Balaban J connectivity index is 2.50. The minimum absolute atomic E-state index is 0.442. The second-order valence-electron chi connectivity index (χ2n) is 4.47. The summed E-state index contributed by atoms with van der Waals surface area (Å²) in [6.45, 7) is 0. The lowest BCUT2D eigenvalue weighted by atomic mass is 9.97. The van der Waals surface area contributed by atoms with Gasteiger partial charge in [0.1, 0.15) is 5.75 Å². The fourth-order valence-corrected chi connectivity index (χ4v) is 2.73. The summed E-state index contributed by atoms with van der Waals surface area (Å²) in [5.74, 6) is -0.450.